The topological polar surface area (TPSA) is 55.6 Å². The van der Waals surface area contributed by atoms with Crippen molar-refractivity contribution in [1.82, 2.24) is 19.7 Å². The molecule has 1 saturated carbocycles. The Bertz CT molecular complexity index is 673. The molecule has 112 valence electrons. The van der Waals surface area contributed by atoms with E-state index < -0.39 is 11.9 Å². The molecular formula is C13H14F3N5. The fourth-order valence-electron chi connectivity index (χ4n) is 2.11. The molecule has 1 aliphatic rings. The van der Waals surface area contributed by atoms with Crippen molar-refractivity contribution in [2.24, 2.45) is 0 Å². The zero-order valence-electron chi connectivity index (χ0n) is 11.6. The Balaban J connectivity index is 2.08. The number of hydrogen-bond donors (Lipinski definition) is 1. The normalized spacial score (nSPS) is 15.3. The van der Waals surface area contributed by atoms with Crippen LogP contribution < -0.4 is 5.32 Å². The van der Waals surface area contributed by atoms with Gasteiger partial charge in [-0.3, -0.25) is 0 Å². The highest BCUT2D eigenvalue weighted by molar-refractivity contribution is 5.51. The summed E-state index contributed by atoms with van der Waals surface area (Å²) in [5.41, 5.74) is -0.266. The van der Waals surface area contributed by atoms with Gasteiger partial charge in [-0.15, -0.1) is 0 Å². The summed E-state index contributed by atoms with van der Waals surface area (Å²) in [6.07, 6.45) is -1.16. The van der Waals surface area contributed by atoms with Crippen molar-refractivity contribution in [3.05, 3.63) is 29.3 Å². The maximum absolute atomic E-state index is 12.7. The van der Waals surface area contributed by atoms with Gasteiger partial charge in [0.2, 0.25) is 0 Å². The van der Waals surface area contributed by atoms with Crippen molar-refractivity contribution in [3.8, 4) is 5.82 Å². The molecule has 1 fully saturated rings. The van der Waals surface area contributed by atoms with Gasteiger partial charge in [0.1, 0.15) is 11.6 Å². The molecule has 0 unspecified atom stereocenters. The van der Waals surface area contributed by atoms with Crippen molar-refractivity contribution in [2.45, 2.75) is 31.9 Å². The highest BCUT2D eigenvalue weighted by Gasteiger charge is 2.34. The second-order valence-electron chi connectivity index (χ2n) is 5.05. The first-order valence-electron chi connectivity index (χ1n) is 6.59. The van der Waals surface area contributed by atoms with E-state index in [4.69, 9.17) is 0 Å². The van der Waals surface area contributed by atoms with Gasteiger partial charge in [0.25, 0.3) is 0 Å². The minimum absolute atomic E-state index is 0.300. The van der Waals surface area contributed by atoms with E-state index in [1.165, 1.54) is 6.20 Å². The minimum Gasteiger partial charge on any atom is -0.373 e. The summed E-state index contributed by atoms with van der Waals surface area (Å²) in [5, 5.41) is 6.53. The zero-order valence-corrected chi connectivity index (χ0v) is 11.6. The smallest absolute Gasteiger partial charge is 0.373 e. The maximum Gasteiger partial charge on any atom is 0.435 e. The van der Waals surface area contributed by atoms with Gasteiger partial charge in [0, 0.05) is 24.7 Å². The van der Waals surface area contributed by atoms with Crippen molar-refractivity contribution >= 4 is 5.82 Å². The molecule has 0 aromatic carbocycles. The second-order valence-corrected chi connectivity index (χ2v) is 5.05. The Kier molecular flexibility index (Phi) is 3.11. The van der Waals surface area contributed by atoms with Gasteiger partial charge in [0.05, 0.1) is 0 Å². The Hall–Kier alpha value is -2.12. The van der Waals surface area contributed by atoms with Gasteiger partial charge in [-0.25, -0.2) is 14.6 Å². The van der Waals surface area contributed by atoms with Crippen LogP contribution in [-0.4, -0.2) is 26.8 Å². The molecule has 21 heavy (non-hydrogen) atoms. The molecule has 2 heterocycles. The molecule has 0 bridgehead atoms. The van der Waals surface area contributed by atoms with Crippen LogP contribution in [0.5, 0.6) is 0 Å². The van der Waals surface area contributed by atoms with Crippen molar-refractivity contribution in [1.29, 1.82) is 0 Å². The van der Waals surface area contributed by atoms with Crippen LogP contribution in [0.3, 0.4) is 0 Å². The molecule has 0 amide bonds. The lowest BCUT2D eigenvalue weighted by Gasteiger charge is -2.12. The van der Waals surface area contributed by atoms with Crippen molar-refractivity contribution in [3.63, 3.8) is 0 Å². The highest BCUT2D eigenvalue weighted by atomic mass is 19.4. The monoisotopic (exact) mass is 297 g/mol. The third-order valence-electron chi connectivity index (χ3n) is 3.41. The van der Waals surface area contributed by atoms with Gasteiger partial charge in [-0.1, -0.05) is 0 Å². The Morgan fingerprint density at radius 2 is 2.00 bits per heavy atom. The largest absolute Gasteiger partial charge is 0.435 e. The fraction of sp³-hybridized carbons (Fsp3) is 0.462. The van der Waals surface area contributed by atoms with Crippen LogP contribution in [0, 0.1) is 6.92 Å². The van der Waals surface area contributed by atoms with E-state index in [1.807, 2.05) is 0 Å². The highest BCUT2D eigenvalue weighted by Crippen LogP contribution is 2.39. The molecule has 0 radical (unpaired) electrons. The van der Waals surface area contributed by atoms with E-state index >= 15 is 0 Å². The number of anilines is 1. The molecule has 3 rings (SSSR count). The Morgan fingerprint density at radius 1 is 1.29 bits per heavy atom. The number of hydrogen-bond acceptors (Lipinski definition) is 4. The average molecular weight is 297 g/mol. The second kappa shape index (κ2) is 4.71. The molecule has 2 aromatic heterocycles. The molecule has 1 aliphatic carbocycles. The average Bonchev–Trinajstić information content (AvgIpc) is 3.14. The lowest BCUT2D eigenvalue weighted by molar-refractivity contribution is -0.141. The molecule has 5 nitrogen and oxygen atoms in total. The molecule has 0 atom stereocenters. The van der Waals surface area contributed by atoms with E-state index in [0.29, 0.717) is 28.9 Å². The number of aromatic nitrogens is 4. The van der Waals surface area contributed by atoms with E-state index in [0.717, 1.165) is 23.6 Å². The molecule has 0 aliphatic heterocycles. The number of nitrogens with zero attached hydrogens (tertiary/aromatic N) is 4. The quantitative estimate of drug-likeness (QED) is 0.946. The van der Waals surface area contributed by atoms with E-state index in [2.05, 4.69) is 20.4 Å². The lowest BCUT2D eigenvalue weighted by Crippen LogP contribution is -2.11. The first-order valence-corrected chi connectivity index (χ1v) is 6.59. The van der Waals surface area contributed by atoms with Gasteiger partial charge < -0.3 is 5.32 Å². The lowest BCUT2D eigenvalue weighted by atomic mass is 10.3. The van der Waals surface area contributed by atoms with Gasteiger partial charge >= 0.3 is 6.18 Å². The van der Waals surface area contributed by atoms with Crippen LogP contribution in [0.25, 0.3) is 5.82 Å². The Labute approximate surface area is 119 Å². The third kappa shape index (κ3) is 2.57. The molecule has 0 saturated heterocycles. The summed E-state index contributed by atoms with van der Waals surface area (Å²) >= 11 is 0. The predicted octanol–water partition coefficient (Wildman–Crippen LogP) is 2.91. The van der Waals surface area contributed by atoms with Gasteiger partial charge in [0.15, 0.2) is 11.5 Å². The van der Waals surface area contributed by atoms with Crippen molar-refractivity contribution in [2.75, 3.05) is 12.4 Å². The first kappa shape index (κ1) is 13.8. The van der Waals surface area contributed by atoms with E-state index in [-0.39, 0.29) is 0 Å². The molecule has 1 N–H and O–H groups in total. The molecule has 8 heteroatoms. The van der Waals surface area contributed by atoms with E-state index in [9.17, 15) is 13.2 Å². The molecular weight excluding hydrogens is 283 g/mol. The summed E-state index contributed by atoms with van der Waals surface area (Å²) < 4.78 is 39.1. The SMILES string of the molecule is CNc1nc(C2CC2)nc(-n2ccc(C(F)(F)F)n2)c1C. The maximum atomic E-state index is 12.7. The van der Waals surface area contributed by atoms with Crippen LogP contribution >= 0.6 is 0 Å². The summed E-state index contributed by atoms with van der Waals surface area (Å²) in [6, 6.07) is 0.942. The standard InChI is InChI=1S/C13H14F3N5/c1-7-10(17-2)18-11(8-3-4-8)19-12(7)21-6-5-9(20-21)13(14,15)16/h5-6,8H,3-4H2,1-2H3,(H,17,18,19). The zero-order chi connectivity index (χ0) is 15.2. The van der Waals surface area contributed by atoms with Gasteiger partial charge in [-0.05, 0) is 25.8 Å². The van der Waals surface area contributed by atoms with Crippen LogP contribution in [0.2, 0.25) is 0 Å². The number of rotatable bonds is 3. The van der Waals surface area contributed by atoms with Crippen LogP contribution in [0.1, 0.15) is 35.8 Å². The van der Waals surface area contributed by atoms with E-state index in [1.54, 1.807) is 14.0 Å². The predicted molar refractivity (Wildman–Crippen MR) is 70.4 cm³/mol. The number of alkyl halides is 3. The van der Waals surface area contributed by atoms with Crippen molar-refractivity contribution < 1.29 is 13.2 Å². The molecule has 2 aromatic rings. The van der Waals surface area contributed by atoms with Gasteiger partial charge in [-0.2, -0.15) is 18.3 Å². The van der Waals surface area contributed by atoms with Crippen LogP contribution in [0.4, 0.5) is 19.0 Å². The van der Waals surface area contributed by atoms with Crippen LogP contribution in [-0.2, 0) is 6.18 Å². The number of nitrogens with one attached hydrogen (secondary N) is 1. The summed E-state index contributed by atoms with van der Waals surface area (Å²) in [7, 11) is 1.72. The minimum atomic E-state index is -4.46. The summed E-state index contributed by atoms with van der Waals surface area (Å²) in [4.78, 5) is 8.80. The summed E-state index contributed by atoms with van der Waals surface area (Å²) in [6.45, 7) is 1.76. The fourth-order valence-corrected chi connectivity index (χ4v) is 2.11. The first-order chi connectivity index (χ1) is 9.90. The number of halogens is 3. The Morgan fingerprint density at radius 3 is 2.52 bits per heavy atom. The third-order valence-corrected chi connectivity index (χ3v) is 3.41. The van der Waals surface area contributed by atoms with Crippen LogP contribution in [0.15, 0.2) is 12.3 Å². The summed E-state index contributed by atoms with van der Waals surface area (Å²) in [5.74, 6) is 1.95. The molecule has 0 spiro atoms.